The highest BCUT2D eigenvalue weighted by atomic mass is 16.3. The van der Waals surface area contributed by atoms with Crippen LogP contribution in [0.15, 0.2) is 10.8 Å². The van der Waals surface area contributed by atoms with Gasteiger partial charge in [0.25, 0.3) is 0 Å². The molecule has 3 rings (SSSR count). The molecule has 0 saturated heterocycles. The Balaban J connectivity index is 1.87. The van der Waals surface area contributed by atoms with Crippen LogP contribution >= 0.6 is 0 Å². The Hall–Kier alpha value is -2.58. The van der Waals surface area contributed by atoms with E-state index in [1.165, 1.54) is 6.39 Å². The van der Waals surface area contributed by atoms with Gasteiger partial charge in [0.15, 0.2) is 12.2 Å². The van der Waals surface area contributed by atoms with Gasteiger partial charge in [0.1, 0.15) is 5.76 Å². The zero-order chi connectivity index (χ0) is 19.9. The van der Waals surface area contributed by atoms with Crippen LogP contribution in [-0.2, 0) is 29.1 Å². The van der Waals surface area contributed by atoms with Gasteiger partial charge in [0.2, 0.25) is 0 Å². The molecule has 0 aromatic carbocycles. The lowest BCUT2D eigenvalue weighted by Gasteiger charge is -2.27. The number of nitrogens with zero attached hydrogens (tertiary/aromatic N) is 6. The molecule has 3 heterocycles. The van der Waals surface area contributed by atoms with E-state index in [2.05, 4.69) is 89.5 Å². The van der Waals surface area contributed by atoms with Crippen molar-refractivity contribution >= 4 is 0 Å². The molecule has 2 N–H and O–H groups in total. The third-order valence-electron chi connectivity index (χ3n) is 4.83. The third-order valence-corrected chi connectivity index (χ3v) is 4.83. The first-order chi connectivity index (χ1) is 12.5. The molecule has 146 valence electrons. The van der Waals surface area contributed by atoms with Crippen molar-refractivity contribution in [3.05, 3.63) is 35.1 Å². The summed E-state index contributed by atoms with van der Waals surface area (Å²) < 4.78 is 5.67. The summed E-state index contributed by atoms with van der Waals surface area (Å²) in [6.07, 6.45) is 2.90. The van der Waals surface area contributed by atoms with Gasteiger partial charge in [0.05, 0.1) is 17.1 Å². The van der Waals surface area contributed by atoms with E-state index >= 15 is 0 Å². The van der Waals surface area contributed by atoms with Crippen LogP contribution in [0.2, 0.25) is 0 Å². The number of nitrogens with one attached hydrogen (secondary N) is 2. The summed E-state index contributed by atoms with van der Waals surface area (Å²) in [5.74, 6) is 1.64. The zero-order valence-electron chi connectivity index (χ0n) is 17.1. The molecule has 0 fully saturated rings. The molecule has 0 amide bonds. The average Bonchev–Trinajstić information content (AvgIpc) is 3.26. The topological polar surface area (TPSA) is 122 Å². The van der Waals surface area contributed by atoms with Crippen LogP contribution in [0.4, 0.5) is 0 Å². The number of aromatic nitrogens is 8. The molecule has 0 saturated carbocycles. The lowest BCUT2D eigenvalue weighted by Crippen LogP contribution is -2.28. The number of tetrazole rings is 1. The number of H-pyrrole nitrogens is 2. The van der Waals surface area contributed by atoms with Crippen molar-refractivity contribution in [2.45, 2.75) is 77.6 Å². The molecular formula is C18H28N8O. The molecule has 0 spiro atoms. The molecule has 0 aliphatic rings. The van der Waals surface area contributed by atoms with E-state index in [1.807, 2.05) is 0 Å². The number of oxazole rings is 1. The van der Waals surface area contributed by atoms with Crippen molar-refractivity contribution in [3.8, 4) is 0 Å². The molecule has 0 aliphatic carbocycles. The Labute approximate surface area is 158 Å². The Morgan fingerprint density at radius 3 is 2.19 bits per heavy atom. The van der Waals surface area contributed by atoms with Gasteiger partial charge < -0.3 is 4.42 Å². The molecule has 0 radical (unpaired) electrons. The summed E-state index contributed by atoms with van der Waals surface area (Å²) in [4.78, 5) is 4.47. The summed E-state index contributed by atoms with van der Waals surface area (Å²) in [6, 6.07) is 0. The number of rotatable bonds is 6. The van der Waals surface area contributed by atoms with E-state index in [1.54, 1.807) is 0 Å². The second kappa shape index (κ2) is 6.54. The van der Waals surface area contributed by atoms with Gasteiger partial charge in [-0.05, 0) is 10.4 Å². The normalized spacial score (nSPS) is 13.3. The molecule has 3 aromatic heterocycles. The van der Waals surface area contributed by atoms with Gasteiger partial charge >= 0.3 is 0 Å². The Kier molecular flexibility index (Phi) is 4.65. The summed E-state index contributed by atoms with van der Waals surface area (Å²) in [5.41, 5.74) is 2.22. The minimum atomic E-state index is -0.296. The first kappa shape index (κ1) is 19.2. The number of hydrogen-bond acceptors (Lipinski definition) is 7. The van der Waals surface area contributed by atoms with Gasteiger partial charge in [0, 0.05) is 29.1 Å². The quantitative estimate of drug-likeness (QED) is 0.682. The van der Waals surface area contributed by atoms with Crippen molar-refractivity contribution in [1.82, 2.24) is 41.0 Å². The molecular weight excluding hydrogens is 344 g/mol. The highest BCUT2D eigenvalue weighted by Gasteiger charge is 2.35. The molecule has 0 bridgehead atoms. The smallest absolute Gasteiger partial charge is 0.181 e. The van der Waals surface area contributed by atoms with Crippen LogP contribution in [0.1, 0.15) is 77.1 Å². The Morgan fingerprint density at radius 2 is 1.56 bits per heavy atom. The van der Waals surface area contributed by atoms with Crippen LogP contribution in [0.5, 0.6) is 0 Å². The van der Waals surface area contributed by atoms with Gasteiger partial charge in [-0.25, -0.2) is 10.1 Å². The fourth-order valence-electron chi connectivity index (χ4n) is 3.38. The van der Waals surface area contributed by atoms with Crippen LogP contribution in [0.25, 0.3) is 0 Å². The standard InChI is InChI=1S/C18H28N8O/c1-16(2,3)14-12(19-10-27-14)9-17(4,5)13-11(20-24-21-13)8-18(6,7)15-22-25-26-23-15/h10H,8-9H2,1-7H3,(H,20,21,24)(H,22,23,25,26). The second-order valence-corrected chi connectivity index (χ2v) is 9.38. The maximum absolute atomic E-state index is 5.67. The summed E-state index contributed by atoms with van der Waals surface area (Å²) in [5, 5.41) is 25.8. The van der Waals surface area contributed by atoms with Gasteiger partial charge in [-0.2, -0.15) is 0 Å². The minimum Gasteiger partial charge on any atom is -0.448 e. The van der Waals surface area contributed by atoms with E-state index in [4.69, 9.17) is 4.42 Å². The first-order valence-electron chi connectivity index (χ1n) is 9.08. The second-order valence-electron chi connectivity index (χ2n) is 9.38. The molecule has 9 heteroatoms. The molecule has 9 nitrogen and oxygen atoms in total. The zero-order valence-corrected chi connectivity index (χ0v) is 17.1. The van der Waals surface area contributed by atoms with E-state index in [0.29, 0.717) is 6.42 Å². The predicted molar refractivity (Wildman–Crippen MR) is 99.2 cm³/mol. The molecule has 0 aliphatic heterocycles. The fraction of sp³-hybridized carbons (Fsp3) is 0.667. The van der Waals surface area contributed by atoms with Crippen molar-refractivity contribution in [2.75, 3.05) is 0 Å². The lowest BCUT2D eigenvalue weighted by molar-refractivity contribution is 0.395. The average molecular weight is 372 g/mol. The summed E-state index contributed by atoms with van der Waals surface area (Å²) >= 11 is 0. The van der Waals surface area contributed by atoms with Crippen molar-refractivity contribution in [3.63, 3.8) is 0 Å². The third kappa shape index (κ3) is 3.91. The van der Waals surface area contributed by atoms with E-state index < -0.39 is 0 Å². The summed E-state index contributed by atoms with van der Waals surface area (Å²) in [7, 11) is 0. The molecule has 0 atom stereocenters. The monoisotopic (exact) mass is 372 g/mol. The predicted octanol–water partition coefficient (Wildman–Crippen LogP) is 2.64. The van der Waals surface area contributed by atoms with Gasteiger partial charge in [-0.3, -0.25) is 5.10 Å². The number of aromatic amines is 2. The van der Waals surface area contributed by atoms with E-state index in [-0.39, 0.29) is 16.2 Å². The maximum Gasteiger partial charge on any atom is 0.181 e. The largest absolute Gasteiger partial charge is 0.448 e. The molecule has 27 heavy (non-hydrogen) atoms. The molecule has 3 aromatic rings. The van der Waals surface area contributed by atoms with Gasteiger partial charge in [-0.15, -0.1) is 10.2 Å². The van der Waals surface area contributed by atoms with Crippen molar-refractivity contribution < 1.29 is 4.42 Å². The van der Waals surface area contributed by atoms with Crippen LogP contribution in [0, 0.1) is 0 Å². The van der Waals surface area contributed by atoms with Crippen molar-refractivity contribution in [2.24, 2.45) is 0 Å². The van der Waals surface area contributed by atoms with Crippen LogP contribution in [0.3, 0.4) is 0 Å². The Morgan fingerprint density at radius 1 is 0.852 bits per heavy atom. The maximum atomic E-state index is 5.67. The van der Waals surface area contributed by atoms with Crippen LogP contribution in [-0.4, -0.2) is 41.0 Å². The molecule has 0 unspecified atom stereocenters. The Bertz CT molecular complexity index is 883. The fourth-order valence-corrected chi connectivity index (χ4v) is 3.38. The summed E-state index contributed by atoms with van der Waals surface area (Å²) in [6.45, 7) is 14.9. The van der Waals surface area contributed by atoms with Crippen LogP contribution < -0.4 is 0 Å². The van der Waals surface area contributed by atoms with E-state index in [9.17, 15) is 0 Å². The first-order valence-corrected chi connectivity index (χ1v) is 9.08. The van der Waals surface area contributed by atoms with E-state index in [0.717, 1.165) is 35.1 Å². The lowest BCUT2D eigenvalue weighted by atomic mass is 9.78. The van der Waals surface area contributed by atoms with Crippen molar-refractivity contribution in [1.29, 1.82) is 0 Å². The SMILES string of the molecule is CC(C)(C)c1ocnc1CC(C)(C)c1[nH]nnc1CC(C)(C)c1nnn[nH]1. The highest BCUT2D eigenvalue weighted by Crippen LogP contribution is 2.34. The minimum absolute atomic E-state index is 0.0990. The number of hydrogen-bond donors (Lipinski definition) is 2. The highest BCUT2D eigenvalue weighted by molar-refractivity contribution is 5.27. The van der Waals surface area contributed by atoms with Gasteiger partial charge in [-0.1, -0.05) is 53.7 Å².